The molecular formula is C29H48O4. The molecular weight excluding hydrogens is 412 g/mol. The lowest BCUT2D eigenvalue weighted by Crippen LogP contribution is -2.20. The average Bonchev–Trinajstić information content (AvgIpc) is 2.81. The van der Waals surface area contributed by atoms with Crippen LogP contribution >= 0.6 is 0 Å². The topological polar surface area (TPSA) is 52.6 Å². The molecule has 0 saturated carbocycles. The molecule has 0 bridgehead atoms. The largest absolute Gasteiger partial charge is 0.462 e. The molecule has 1 rings (SSSR count). The monoisotopic (exact) mass is 460 g/mol. The number of carbonyl (C=O) groups is 2. The summed E-state index contributed by atoms with van der Waals surface area (Å²) in [5.74, 6) is -0.434. The van der Waals surface area contributed by atoms with Crippen molar-refractivity contribution in [3.05, 3.63) is 35.4 Å². The number of carbonyl (C=O) groups excluding carboxylic acids is 2. The van der Waals surface area contributed by atoms with E-state index in [4.69, 9.17) is 9.47 Å². The number of esters is 2. The van der Waals surface area contributed by atoms with Crippen molar-refractivity contribution in [1.82, 2.24) is 0 Å². The first-order valence-electron chi connectivity index (χ1n) is 13.4. The third-order valence-corrected chi connectivity index (χ3v) is 6.32. The minimum Gasteiger partial charge on any atom is -0.462 e. The van der Waals surface area contributed by atoms with Crippen LogP contribution in [0.4, 0.5) is 0 Å². The molecule has 0 N–H and O–H groups in total. The van der Waals surface area contributed by atoms with E-state index in [1.54, 1.807) is 24.3 Å². The zero-order chi connectivity index (χ0) is 24.3. The molecule has 4 heteroatoms. The van der Waals surface area contributed by atoms with Gasteiger partial charge in [-0.15, -0.1) is 0 Å². The summed E-state index contributed by atoms with van der Waals surface area (Å²) < 4.78 is 10.8. The fraction of sp³-hybridized carbons (Fsp3) is 0.724. The first-order chi connectivity index (χ1) is 16.0. The molecule has 0 aromatic heterocycles. The summed E-state index contributed by atoms with van der Waals surface area (Å²) in [4.78, 5) is 24.3. The summed E-state index contributed by atoms with van der Waals surface area (Å²) in [6, 6.07) is 6.51. The second-order valence-electron chi connectivity index (χ2n) is 9.66. The van der Waals surface area contributed by atoms with Gasteiger partial charge in [0.15, 0.2) is 0 Å². The molecule has 0 radical (unpaired) electrons. The number of benzene rings is 1. The van der Waals surface area contributed by atoms with Gasteiger partial charge < -0.3 is 9.47 Å². The number of ether oxygens (including phenoxy) is 2. The SMILES string of the molecule is CCCCCCCCCCCCCCCCOC(=O)c1ccc(C(=O)OC(C)C(C)C)cc1. The van der Waals surface area contributed by atoms with E-state index >= 15 is 0 Å². The van der Waals surface area contributed by atoms with Crippen molar-refractivity contribution >= 4 is 11.9 Å². The highest BCUT2D eigenvalue weighted by Gasteiger charge is 2.15. The maximum absolute atomic E-state index is 12.2. The molecule has 0 aliphatic carbocycles. The lowest BCUT2D eigenvalue weighted by Gasteiger charge is -2.16. The summed E-state index contributed by atoms with van der Waals surface area (Å²) in [6.45, 7) is 8.62. The highest BCUT2D eigenvalue weighted by molar-refractivity contribution is 5.93. The van der Waals surface area contributed by atoms with Crippen LogP contribution in [0.25, 0.3) is 0 Å². The molecule has 188 valence electrons. The quantitative estimate of drug-likeness (QED) is 0.153. The molecule has 0 saturated heterocycles. The Morgan fingerprint density at radius 2 is 1.03 bits per heavy atom. The number of unbranched alkanes of at least 4 members (excludes halogenated alkanes) is 13. The van der Waals surface area contributed by atoms with Crippen molar-refractivity contribution in [2.45, 2.75) is 124 Å². The lowest BCUT2D eigenvalue weighted by molar-refractivity contribution is 0.0237. The molecule has 0 aliphatic rings. The van der Waals surface area contributed by atoms with Gasteiger partial charge in [0.05, 0.1) is 17.7 Å². The second-order valence-corrected chi connectivity index (χ2v) is 9.66. The molecule has 1 atom stereocenters. The summed E-state index contributed by atoms with van der Waals surface area (Å²) in [6.07, 6.45) is 18.1. The molecule has 0 amide bonds. The van der Waals surface area contributed by atoms with E-state index in [1.807, 2.05) is 20.8 Å². The normalized spacial score (nSPS) is 12.0. The maximum atomic E-state index is 12.2. The molecule has 1 unspecified atom stereocenters. The van der Waals surface area contributed by atoms with Gasteiger partial charge in [0.25, 0.3) is 0 Å². The van der Waals surface area contributed by atoms with Gasteiger partial charge in [-0.25, -0.2) is 9.59 Å². The number of hydrogen-bond acceptors (Lipinski definition) is 4. The number of rotatable bonds is 19. The van der Waals surface area contributed by atoms with Crippen LogP contribution in [-0.4, -0.2) is 24.6 Å². The number of hydrogen-bond donors (Lipinski definition) is 0. The fourth-order valence-corrected chi connectivity index (χ4v) is 3.66. The Morgan fingerprint density at radius 3 is 1.45 bits per heavy atom. The van der Waals surface area contributed by atoms with Crippen molar-refractivity contribution in [3.8, 4) is 0 Å². The Bertz CT molecular complexity index is 636. The van der Waals surface area contributed by atoms with Gasteiger partial charge in [-0.05, 0) is 43.5 Å². The fourth-order valence-electron chi connectivity index (χ4n) is 3.66. The van der Waals surface area contributed by atoms with Crippen molar-refractivity contribution in [2.24, 2.45) is 5.92 Å². The highest BCUT2D eigenvalue weighted by atomic mass is 16.5. The van der Waals surface area contributed by atoms with E-state index in [9.17, 15) is 9.59 Å². The summed E-state index contributed by atoms with van der Waals surface area (Å²) >= 11 is 0. The van der Waals surface area contributed by atoms with Crippen LogP contribution in [0.2, 0.25) is 0 Å². The van der Waals surface area contributed by atoms with Crippen LogP contribution in [0.5, 0.6) is 0 Å². The Morgan fingerprint density at radius 1 is 0.636 bits per heavy atom. The van der Waals surface area contributed by atoms with E-state index in [-0.39, 0.29) is 24.0 Å². The molecule has 0 heterocycles. The summed E-state index contributed by atoms with van der Waals surface area (Å²) in [5.41, 5.74) is 0.917. The van der Waals surface area contributed by atoms with Crippen LogP contribution in [0, 0.1) is 5.92 Å². The molecule has 1 aromatic carbocycles. The van der Waals surface area contributed by atoms with Crippen molar-refractivity contribution in [2.75, 3.05) is 6.61 Å². The summed E-state index contributed by atoms with van der Waals surface area (Å²) in [5, 5.41) is 0. The predicted molar refractivity (Wildman–Crippen MR) is 137 cm³/mol. The zero-order valence-electron chi connectivity index (χ0n) is 21.7. The van der Waals surface area contributed by atoms with E-state index in [0.717, 1.165) is 12.8 Å². The Hall–Kier alpha value is -1.84. The zero-order valence-corrected chi connectivity index (χ0v) is 21.7. The van der Waals surface area contributed by atoms with Gasteiger partial charge in [-0.1, -0.05) is 104 Å². The smallest absolute Gasteiger partial charge is 0.338 e. The molecule has 0 fully saturated rings. The minimum absolute atomic E-state index is 0.146. The Balaban J connectivity index is 2.04. The van der Waals surface area contributed by atoms with E-state index in [0.29, 0.717) is 17.7 Å². The first-order valence-corrected chi connectivity index (χ1v) is 13.4. The predicted octanol–water partition coefficient (Wildman–Crippen LogP) is 8.53. The molecule has 0 aliphatic heterocycles. The second kappa shape index (κ2) is 18.6. The standard InChI is InChI=1S/C29H48O4/c1-5-6-7-8-9-10-11-12-13-14-15-16-17-18-23-32-28(30)26-19-21-27(22-20-26)29(31)33-25(4)24(2)3/h19-22,24-25H,5-18,23H2,1-4H3. The van der Waals surface area contributed by atoms with Crippen LogP contribution in [0.15, 0.2) is 24.3 Å². The molecule has 0 spiro atoms. The van der Waals surface area contributed by atoms with Gasteiger partial charge in [0.1, 0.15) is 6.10 Å². The van der Waals surface area contributed by atoms with E-state index in [1.165, 1.54) is 77.0 Å². The highest BCUT2D eigenvalue weighted by Crippen LogP contribution is 2.14. The Labute approximate surface area is 202 Å². The van der Waals surface area contributed by atoms with Gasteiger partial charge >= 0.3 is 11.9 Å². The van der Waals surface area contributed by atoms with Crippen LogP contribution in [-0.2, 0) is 9.47 Å². The van der Waals surface area contributed by atoms with Crippen LogP contribution in [0.3, 0.4) is 0 Å². The van der Waals surface area contributed by atoms with E-state index < -0.39 is 0 Å². The minimum atomic E-state index is -0.362. The molecule has 1 aromatic rings. The van der Waals surface area contributed by atoms with Crippen molar-refractivity contribution in [3.63, 3.8) is 0 Å². The third kappa shape index (κ3) is 14.1. The van der Waals surface area contributed by atoms with Gasteiger partial charge in [-0.3, -0.25) is 0 Å². The maximum Gasteiger partial charge on any atom is 0.338 e. The molecule has 4 nitrogen and oxygen atoms in total. The van der Waals surface area contributed by atoms with Crippen molar-refractivity contribution in [1.29, 1.82) is 0 Å². The van der Waals surface area contributed by atoms with E-state index in [2.05, 4.69) is 6.92 Å². The Kier molecular flexibility index (Phi) is 16.4. The van der Waals surface area contributed by atoms with Gasteiger partial charge in [0, 0.05) is 0 Å². The van der Waals surface area contributed by atoms with Crippen LogP contribution < -0.4 is 0 Å². The van der Waals surface area contributed by atoms with Gasteiger partial charge in [-0.2, -0.15) is 0 Å². The van der Waals surface area contributed by atoms with Crippen LogP contribution in [0.1, 0.15) is 138 Å². The molecule has 33 heavy (non-hydrogen) atoms. The van der Waals surface area contributed by atoms with Gasteiger partial charge in [0.2, 0.25) is 0 Å². The summed E-state index contributed by atoms with van der Waals surface area (Å²) in [7, 11) is 0. The van der Waals surface area contributed by atoms with Crippen molar-refractivity contribution < 1.29 is 19.1 Å². The average molecular weight is 461 g/mol. The third-order valence-electron chi connectivity index (χ3n) is 6.32. The first kappa shape index (κ1) is 29.2. The lowest BCUT2D eigenvalue weighted by atomic mass is 10.0.